The first-order valence-electron chi connectivity index (χ1n) is 7.85. The third-order valence-corrected chi connectivity index (χ3v) is 4.11. The van der Waals surface area contributed by atoms with Gasteiger partial charge in [-0.15, -0.1) is 0 Å². The van der Waals surface area contributed by atoms with Crippen molar-refractivity contribution in [3.63, 3.8) is 0 Å². The van der Waals surface area contributed by atoms with Gasteiger partial charge in [0.25, 0.3) is 0 Å². The van der Waals surface area contributed by atoms with Crippen LogP contribution in [0.1, 0.15) is 39.0 Å². The zero-order valence-corrected chi connectivity index (χ0v) is 12.7. The molecule has 1 aliphatic rings. The van der Waals surface area contributed by atoms with Gasteiger partial charge in [-0.3, -0.25) is 4.79 Å². The van der Waals surface area contributed by atoms with Crippen LogP contribution in [0.25, 0.3) is 0 Å². The number of aliphatic carboxylic acids is 1. The molecular weight excluding hydrogens is 266 g/mol. The van der Waals surface area contributed by atoms with E-state index in [4.69, 9.17) is 9.84 Å². The molecule has 0 bridgehead atoms. The molecule has 4 nitrogen and oxygen atoms in total. The molecule has 1 aromatic rings. The van der Waals surface area contributed by atoms with E-state index in [-0.39, 0.29) is 6.42 Å². The Kier molecular flexibility index (Phi) is 6.05. The number of carboxylic acid groups (broad SMARTS) is 1. The van der Waals surface area contributed by atoms with Crippen LogP contribution in [0, 0.1) is 0 Å². The second-order valence-electron chi connectivity index (χ2n) is 5.61. The number of para-hydroxylation sites is 1. The Balaban J connectivity index is 2.05. The second kappa shape index (κ2) is 8.03. The van der Waals surface area contributed by atoms with Gasteiger partial charge < -0.3 is 14.7 Å². The van der Waals surface area contributed by atoms with Gasteiger partial charge in [0.15, 0.2) is 0 Å². The Morgan fingerprint density at radius 2 is 2.14 bits per heavy atom. The largest absolute Gasteiger partial charge is 0.481 e. The first kappa shape index (κ1) is 15.8. The van der Waals surface area contributed by atoms with E-state index in [9.17, 15) is 4.79 Å². The van der Waals surface area contributed by atoms with Crippen molar-refractivity contribution in [2.45, 2.75) is 51.2 Å². The molecule has 21 heavy (non-hydrogen) atoms. The number of anilines is 1. The van der Waals surface area contributed by atoms with E-state index >= 15 is 0 Å². The molecule has 116 valence electrons. The van der Waals surface area contributed by atoms with Gasteiger partial charge in [-0.25, -0.2) is 0 Å². The Labute approximate surface area is 126 Å². The highest BCUT2D eigenvalue weighted by atomic mass is 16.5. The van der Waals surface area contributed by atoms with Crippen LogP contribution in [0.5, 0.6) is 0 Å². The average molecular weight is 291 g/mol. The van der Waals surface area contributed by atoms with E-state index in [2.05, 4.69) is 24.0 Å². The summed E-state index contributed by atoms with van der Waals surface area (Å²) in [5, 5.41) is 8.85. The fraction of sp³-hybridized carbons (Fsp3) is 0.588. The predicted octanol–water partition coefficient (Wildman–Crippen LogP) is 3.32. The van der Waals surface area contributed by atoms with Crippen LogP contribution in [0.15, 0.2) is 30.3 Å². The molecule has 4 heteroatoms. The summed E-state index contributed by atoms with van der Waals surface area (Å²) in [5.74, 6) is -0.721. The smallest absolute Gasteiger partial charge is 0.303 e. The maximum atomic E-state index is 10.8. The van der Waals surface area contributed by atoms with Crippen LogP contribution in [-0.4, -0.2) is 36.4 Å². The number of nitrogens with zero attached hydrogens (tertiary/aromatic N) is 1. The molecule has 2 unspecified atom stereocenters. The van der Waals surface area contributed by atoms with Crippen molar-refractivity contribution >= 4 is 11.7 Å². The van der Waals surface area contributed by atoms with E-state index in [1.54, 1.807) is 0 Å². The highest BCUT2D eigenvalue weighted by Gasteiger charge is 2.26. The SMILES string of the molecule is CCC1CC(N(CCCC(=O)O)c2ccccc2)CCO1. The fourth-order valence-electron chi connectivity index (χ4n) is 2.97. The van der Waals surface area contributed by atoms with E-state index in [0.717, 1.165) is 32.4 Å². The minimum atomic E-state index is -0.721. The molecule has 0 amide bonds. The van der Waals surface area contributed by atoms with Crippen molar-refractivity contribution in [2.24, 2.45) is 0 Å². The molecular formula is C17H25NO3. The van der Waals surface area contributed by atoms with Gasteiger partial charge >= 0.3 is 5.97 Å². The topological polar surface area (TPSA) is 49.8 Å². The first-order chi connectivity index (χ1) is 10.2. The first-order valence-corrected chi connectivity index (χ1v) is 7.85. The lowest BCUT2D eigenvalue weighted by Gasteiger charge is -2.39. The molecule has 1 saturated heterocycles. The van der Waals surface area contributed by atoms with Gasteiger partial charge in [-0.1, -0.05) is 25.1 Å². The number of carboxylic acids is 1. The summed E-state index contributed by atoms with van der Waals surface area (Å²) in [6.45, 7) is 3.74. The molecule has 1 heterocycles. The molecule has 0 spiro atoms. The van der Waals surface area contributed by atoms with Gasteiger partial charge in [0.2, 0.25) is 0 Å². The van der Waals surface area contributed by atoms with E-state index in [1.165, 1.54) is 5.69 Å². The van der Waals surface area contributed by atoms with Crippen LogP contribution < -0.4 is 4.90 Å². The number of carbonyl (C=O) groups is 1. The van der Waals surface area contributed by atoms with E-state index in [1.807, 2.05) is 18.2 Å². The number of rotatable bonds is 7. The van der Waals surface area contributed by atoms with Crippen molar-refractivity contribution in [1.29, 1.82) is 0 Å². The standard InChI is InChI=1S/C17H25NO3/c1-2-16-13-15(10-12-21-16)18(11-6-9-17(19)20)14-7-4-3-5-8-14/h3-5,7-8,15-16H,2,6,9-13H2,1H3,(H,19,20). The summed E-state index contributed by atoms with van der Waals surface area (Å²) in [4.78, 5) is 13.1. The molecule has 1 N–H and O–H groups in total. The quantitative estimate of drug-likeness (QED) is 0.837. The monoisotopic (exact) mass is 291 g/mol. The summed E-state index contributed by atoms with van der Waals surface area (Å²) < 4.78 is 5.77. The Morgan fingerprint density at radius 1 is 1.38 bits per heavy atom. The molecule has 0 saturated carbocycles. The van der Waals surface area contributed by atoms with Crippen LogP contribution in [0.4, 0.5) is 5.69 Å². The summed E-state index contributed by atoms with van der Waals surface area (Å²) in [6, 6.07) is 10.7. The summed E-state index contributed by atoms with van der Waals surface area (Å²) >= 11 is 0. The van der Waals surface area contributed by atoms with Gasteiger partial charge in [0, 0.05) is 31.3 Å². The zero-order valence-electron chi connectivity index (χ0n) is 12.7. The molecule has 1 aliphatic heterocycles. The lowest BCUT2D eigenvalue weighted by molar-refractivity contribution is -0.137. The third-order valence-electron chi connectivity index (χ3n) is 4.11. The minimum Gasteiger partial charge on any atom is -0.481 e. The lowest BCUT2D eigenvalue weighted by Crippen LogP contribution is -2.43. The number of ether oxygens (including phenoxy) is 1. The van der Waals surface area contributed by atoms with Crippen molar-refractivity contribution < 1.29 is 14.6 Å². The molecule has 2 rings (SSSR count). The number of benzene rings is 1. The fourth-order valence-corrected chi connectivity index (χ4v) is 2.97. The van der Waals surface area contributed by atoms with Crippen molar-refractivity contribution in [3.05, 3.63) is 30.3 Å². The molecule has 1 aromatic carbocycles. The minimum absolute atomic E-state index is 0.226. The summed E-state index contributed by atoms with van der Waals surface area (Å²) in [5.41, 5.74) is 1.18. The number of hydrogen-bond acceptors (Lipinski definition) is 3. The second-order valence-corrected chi connectivity index (χ2v) is 5.61. The van der Waals surface area contributed by atoms with Crippen LogP contribution in [-0.2, 0) is 9.53 Å². The van der Waals surface area contributed by atoms with Gasteiger partial charge in [0.1, 0.15) is 0 Å². The molecule has 0 radical (unpaired) electrons. The van der Waals surface area contributed by atoms with Crippen LogP contribution in [0.2, 0.25) is 0 Å². The maximum Gasteiger partial charge on any atom is 0.303 e. The molecule has 0 aliphatic carbocycles. The van der Waals surface area contributed by atoms with Gasteiger partial charge in [-0.05, 0) is 37.8 Å². The molecule has 1 fully saturated rings. The predicted molar refractivity (Wildman–Crippen MR) is 83.7 cm³/mol. The summed E-state index contributed by atoms with van der Waals surface area (Å²) in [6.07, 6.45) is 4.31. The van der Waals surface area contributed by atoms with Crippen LogP contribution in [0.3, 0.4) is 0 Å². The number of hydrogen-bond donors (Lipinski definition) is 1. The maximum absolute atomic E-state index is 10.8. The van der Waals surface area contributed by atoms with E-state index in [0.29, 0.717) is 18.6 Å². The third kappa shape index (κ3) is 4.74. The van der Waals surface area contributed by atoms with Gasteiger partial charge in [-0.2, -0.15) is 0 Å². The molecule has 2 atom stereocenters. The van der Waals surface area contributed by atoms with Crippen molar-refractivity contribution in [3.8, 4) is 0 Å². The average Bonchev–Trinajstić information content (AvgIpc) is 2.52. The Bertz CT molecular complexity index is 435. The highest BCUT2D eigenvalue weighted by molar-refractivity contribution is 5.66. The molecule has 0 aromatic heterocycles. The normalized spacial score (nSPS) is 22.0. The van der Waals surface area contributed by atoms with Crippen molar-refractivity contribution in [2.75, 3.05) is 18.1 Å². The highest BCUT2D eigenvalue weighted by Crippen LogP contribution is 2.26. The lowest BCUT2D eigenvalue weighted by atomic mass is 9.99. The van der Waals surface area contributed by atoms with E-state index < -0.39 is 5.97 Å². The zero-order chi connectivity index (χ0) is 15.1. The summed E-state index contributed by atoms with van der Waals surface area (Å²) in [7, 11) is 0. The Hall–Kier alpha value is -1.55. The van der Waals surface area contributed by atoms with Crippen LogP contribution >= 0.6 is 0 Å². The Morgan fingerprint density at radius 3 is 2.81 bits per heavy atom. The van der Waals surface area contributed by atoms with Gasteiger partial charge in [0.05, 0.1) is 6.10 Å². The van der Waals surface area contributed by atoms with Crippen molar-refractivity contribution in [1.82, 2.24) is 0 Å².